The molecule has 0 heterocycles. The second kappa shape index (κ2) is 5.38. The first-order valence-corrected chi connectivity index (χ1v) is 6.13. The number of rotatable bonds is 2. The van der Waals surface area contributed by atoms with Crippen molar-refractivity contribution in [3.63, 3.8) is 0 Å². The maximum Gasteiger partial charge on any atom is 0.408 e. The Hall–Kier alpha value is -1.58. The van der Waals surface area contributed by atoms with Crippen LogP contribution in [0, 0.1) is 5.92 Å². The van der Waals surface area contributed by atoms with Gasteiger partial charge < -0.3 is 10.1 Å². The third-order valence-corrected chi connectivity index (χ3v) is 2.24. The Kier molecular flexibility index (Phi) is 4.33. The number of carbonyl (C=O) groups is 2. The molecule has 0 radical (unpaired) electrons. The molecule has 100 valence electrons. The standard InChI is InChI=1S/C14H21NO3/c1-9(2)8-10-11(6-7-12(10)16)15-13(17)18-14(3,4)5/h6-9,11H,1-5H3,(H,15,17)/b10-8+/t11-/m0/s1. The normalized spacial score (nSPS) is 21.8. The van der Waals surface area contributed by atoms with Crippen LogP contribution in [0.3, 0.4) is 0 Å². The molecule has 0 saturated carbocycles. The molecule has 0 bridgehead atoms. The third kappa shape index (κ3) is 4.35. The summed E-state index contributed by atoms with van der Waals surface area (Å²) in [5.41, 5.74) is 0.0640. The molecular formula is C14H21NO3. The molecular weight excluding hydrogens is 230 g/mol. The molecule has 1 atom stereocenters. The van der Waals surface area contributed by atoms with Crippen LogP contribution in [0.4, 0.5) is 4.79 Å². The Balaban J connectivity index is 2.70. The van der Waals surface area contributed by atoms with Crippen LogP contribution in [0.25, 0.3) is 0 Å². The van der Waals surface area contributed by atoms with Crippen LogP contribution >= 0.6 is 0 Å². The summed E-state index contributed by atoms with van der Waals surface area (Å²) in [4.78, 5) is 23.3. The van der Waals surface area contributed by atoms with Crippen LogP contribution in [-0.4, -0.2) is 23.5 Å². The molecule has 0 aromatic carbocycles. The molecule has 0 aromatic rings. The Morgan fingerprint density at radius 2 is 2.06 bits per heavy atom. The van der Waals surface area contributed by atoms with Gasteiger partial charge in [0.25, 0.3) is 0 Å². The van der Waals surface area contributed by atoms with Crippen molar-refractivity contribution >= 4 is 11.9 Å². The number of ketones is 1. The van der Waals surface area contributed by atoms with E-state index >= 15 is 0 Å². The minimum absolute atomic E-state index is 0.0511. The van der Waals surface area contributed by atoms with Crippen LogP contribution in [0.15, 0.2) is 23.8 Å². The number of alkyl carbamates (subject to hydrolysis) is 1. The number of carbonyl (C=O) groups excluding carboxylic acids is 2. The second-order valence-corrected chi connectivity index (χ2v) is 5.71. The maximum absolute atomic E-state index is 11.6. The molecule has 1 N–H and O–H groups in total. The summed E-state index contributed by atoms with van der Waals surface area (Å²) in [7, 11) is 0. The van der Waals surface area contributed by atoms with Gasteiger partial charge in [0.1, 0.15) is 5.60 Å². The molecule has 0 fully saturated rings. The number of ether oxygens (including phenoxy) is 1. The van der Waals surface area contributed by atoms with E-state index < -0.39 is 11.7 Å². The van der Waals surface area contributed by atoms with Gasteiger partial charge in [-0.2, -0.15) is 0 Å². The van der Waals surface area contributed by atoms with Gasteiger partial charge in [-0.15, -0.1) is 0 Å². The Bertz CT molecular complexity index is 400. The van der Waals surface area contributed by atoms with Crippen molar-refractivity contribution in [2.24, 2.45) is 5.92 Å². The topological polar surface area (TPSA) is 55.4 Å². The predicted molar refractivity (Wildman–Crippen MR) is 70.2 cm³/mol. The molecule has 1 aliphatic rings. The highest BCUT2D eigenvalue weighted by atomic mass is 16.6. The van der Waals surface area contributed by atoms with Gasteiger partial charge in [0.15, 0.2) is 5.78 Å². The summed E-state index contributed by atoms with van der Waals surface area (Å²) in [5, 5.41) is 2.68. The van der Waals surface area contributed by atoms with E-state index in [1.165, 1.54) is 6.08 Å². The highest BCUT2D eigenvalue weighted by Gasteiger charge is 2.26. The van der Waals surface area contributed by atoms with Gasteiger partial charge in [0.2, 0.25) is 0 Å². The van der Waals surface area contributed by atoms with Crippen LogP contribution < -0.4 is 5.32 Å². The Morgan fingerprint density at radius 3 is 2.56 bits per heavy atom. The van der Waals surface area contributed by atoms with Gasteiger partial charge in [-0.25, -0.2) is 4.79 Å². The smallest absolute Gasteiger partial charge is 0.408 e. The Morgan fingerprint density at radius 1 is 1.44 bits per heavy atom. The first-order chi connectivity index (χ1) is 8.19. The lowest BCUT2D eigenvalue weighted by molar-refractivity contribution is -0.111. The Labute approximate surface area is 108 Å². The van der Waals surface area contributed by atoms with Gasteiger partial charge >= 0.3 is 6.09 Å². The SMILES string of the molecule is CC(C)/C=C1/C(=O)C=C[C@@H]1NC(=O)OC(C)(C)C. The minimum Gasteiger partial charge on any atom is -0.444 e. The maximum atomic E-state index is 11.6. The molecule has 1 aliphatic carbocycles. The van der Waals surface area contributed by atoms with Gasteiger partial charge in [-0.3, -0.25) is 4.79 Å². The number of amides is 1. The van der Waals surface area contributed by atoms with Gasteiger partial charge in [0, 0.05) is 5.57 Å². The fourth-order valence-electron chi connectivity index (χ4n) is 1.64. The highest BCUT2D eigenvalue weighted by Crippen LogP contribution is 2.17. The summed E-state index contributed by atoms with van der Waals surface area (Å²) in [5.74, 6) is 0.205. The lowest BCUT2D eigenvalue weighted by Gasteiger charge is -2.21. The van der Waals surface area contributed by atoms with Gasteiger partial charge in [-0.1, -0.05) is 26.0 Å². The summed E-state index contributed by atoms with van der Waals surface area (Å²) < 4.78 is 5.17. The van der Waals surface area contributed by atoms with E-state index in [9.17, 15) is 9.59 Å². The van der Waals surface area contributed by atoms with Gasteiger partial charge in [-0.05, 0) is 32.8 Å². The van der Waals surface area contributed by atoms with E-state index in [2.05, 4.69) is 5.32 Å². The van der Waals surface area contributed by atoms with Crippen molar-refractivity contribution in [3.05, 3.63) is 23.8 Å². The second-order valence-electron chi connectivity index (χ2n) is 5.71. The molecule has 0 saturated heterocycles. The number of hydrogen-bond acceptors (Lipinski definition) is 3. The number of hydrogen-bond donors (Lipinski definition) is 1. The van der Waals surface area contributed by atoms with Crippen molar-refractivity contribution in [2.45, 2.75) is 46.3 Å². The number of nitrogens with one attached hydrogen (secondary N) is 1. The lowest BCUT2D eigenvalue weighted by atomic mass is 10.0. The first-order valence-electron chi connectivity index (χ1n) is 6.13. The molecule has 18 heavy (non-hydrogen) atoms. The molecule has 1 amide bonds. The number of allylic oxidation sites excluding steroid dienone is 2. The van der Waals surface area contributed by atoms with E-state index in [0.29, 0.717) is 5.57 Å². The molecule has 0 unspecified atom stereocenters. The monoisotopic (exact) mass is 251 g/mol. The van der Waals surface area contributed by atoms with E-state index in [0.717, 1.165) is 0 Å². The minimum atomic E-state index is -0.543. The first kappa shape index (κ1) is 14.5. The summed E-state index contributed by atoms with van der Waals surface area (Å²) in [6.45, 7) is 9.37. The zero-order valence-corrected chi connectivity index (χ0v) is 11.6. The van der Waals surface area contributed by atoms with E-state index in [4.69, 9.17) is 4.74 Å². The van der Waals surface area contributed by atoms with Gasteiger partial charge in [0.05, 0.1) is 6.04 Å². The largest absolute Gasteiger partial charge is 0.444 e. The molecule has 0 aromatic heterocycles. The van der Waals surface area contributed by atoms with Crippen LogP contribution in [0.5, 0.6) is 0 Å². The predicted octanol–water partition coefficient (Wildman–Crippen LogP) is 2.60. The highest BCUT2D eigenvalue weighted by molar-refractivity contribution is 6.08. The molecule has 0 spiro atoms. The average molecular weight is 251 g/mol. The fraction of sp³-hybridized carbons (Fsp3) is 0.571. The summed E-state index contributed by atoms with van der Waals surface area (Å²) >= 11 is 0. The summed E-state index contributed by atoms with van der Waals surface area (Å²) in [6, 6.07) is -0.380. The van der Waals surface area contributed by atoms with Crippen molar-refractivity contribution < 1.29 is 14.3 Å². The van der Waals surface area contributed by atoms with Crippen LogP contribution in [0.1, 0.15) is 34.6 Å². The zero-order chi connectivity index (χ0) is 13.9. The van der Waals surface area contributed by atoms with Crippen molar-refractivity contribution in [3.8, 4) is 0 Å². The van der Waals surface area contributed by atoms with E-state index in [1.54, 1.807) is 26.8 Å². The molecule has 1 rings (SSSR count). The van der Waals surface area contributed by atoms with Crippen molar-refractivity contribution in [2.75, 3.05) is 0 Å². The van der Waals surface area contributed by atoms with Crippen molar-refractivity contribution in [1.82, 2.24) is 5.32 Å². The van der Waals surface area contributed by atoms with Crippen molar-refractivity contribution in [1.29, 1.82) is 0 Å². The summed E-state index contributed by atoms with van der Waals surface area (Å²) in [6.07, 6.45) is 4.52. The average Bonchev–Trinajstić information content (AvgIpc) is 2.46. The van der Waals surface area contributed by atoms with Crippen LogP contribution in [-0.2, 0) is 9.53 Å². The zero-order valence-electron chi connectivity index (χ0n) is 11.6. The molecule has 0 aliphatic heterocycles. The van der Waals surface area contributed by atoms with E-state index in [-0.39, 0.29) is 17.7 Å². The molecule has 4 heteroatoms. The lowest BCUT2D eigenvalue weighted by Crippen LogP contribution is -2.38. The van der Waals surface area contributed by atoms with Crippen LogP contribution in [0.2, 0.25) is 0 Å². The quantitative estimate of drug-likeness (QED) is 0.767. The fourth-order valence-corrected chi connectivity index (χ4v) is 1.64. The third-order valence-electron chi connectivity index (χ3n) is 2.24. The van der Waals surface area contributed by atoms with E-state index in [1.807, 2.05) is 19.9 Å². The molecule has 4 nitrogen and oxygen atoms in total.